The van der Waals surface area contributed by atoms with Gasteiger partial charge in [0.05, 0.1) is 17.4 Å². The lowest BCUT2D eigenvalue weighted by Gasteiger charge is -2.18. The minimum atomic E-state index is -3.97. The Morgan fingerprint density at radius 1 is 1.19 bits per heavy atom. The maximum Gasteiger partial charge on any atom is 0.244 e. The molecule has 6 nitrogen and oxygen atoms in total. The van der Waals surface area contributed by atoms with Crippen molar-refractivity contribution < 1.29 is 21.9 Å². The summed E-state index contributed by atoms with van der Waals surface area (Å²) in [7, 11) is -6.01. The molecule has 0 atom stereocenters. The van der Waals surface area contributed by atoms with Crippen molar-refractivity contribution in [1.29, 1.82) is 0 Å². The van der Waals surface area contributed by atoms with Crippen molar-refractivity contribution in [2.45, 2.75) is 11.5 Å². The molecule has 0 spiro atoms. The number of sulfone groups is 1. The third kappa shape index (κ3) is 4.54. The Morgan fingerprint density at radius 2 is 1.76 bits per heavy atom. The molecule has 21 heavy (non-hydrogen) atoms. The van der Waals surface area contributed by atoms with Gasteiger partial charge in [0.25, 0.3) is 0 Å². The van der Waals surface area contributed by atoms with Crippen molar-refractivity contribution in [1.82, 2.24) is 4.31 Å². The summed E-state index contributed by atoms with van der Waals surface area (Å²) in [5.74, 6) is -0.305. The van der Waals surface area contributed by atoms with E-state index < -0.39 is 26.5 Å². The van der Waals surface area contributed by atoms with Gasteiger partial charge in [0.15, 0.2) is 0 Å². The molecule has 0 aromatic heterocycles. The second-order valence-corrected chi connectivity index (χ2v) is 9.51. The van der Waals surface area contributed by atoms with Gasteiger partial charge in [-0.2, -0.15) is 4.31 Å². The molecular formula is C11H15Cl2NO5S2. The van der Waals surface area contributed by atoms with Gasteiger partial charge in [0.2, 0.25) is 10.0 Å². The highest BCUT2D eigenvalue weighted by molar-refractivity contribution is 7.91. The molecule has 0 radical (unpaired) electrons. The predicted octanol–water partition coefficient (Wildman–Crippen LogP) is 1.15. The average Bonchev–Trinajstić information content (AvgIpc) is 2.35. The van der Waals surface area contributed by atoms with E-state index in [0.29, 0.717) is 0 Å². The van der Waals surface area contributed by atoms with E-state index in [0.717, 1.165) is 10.6 Å². The molecule has 1 aromatic rings. The molecule has 0 fully saturated rings. The van der Waals surface area contributed by atoms with Crippen LogP contribution >= 0.6 is 23.2 Å². The van der Waals surface area contributed by atoms with Crippen LogP contribution in [0.3, 0.4) is 0 Å². The number of aliphatic hydroxyl groups is 1. The summed E-state index contributed by atoms with van der Waals surface area (Å²) in [6.07, 6.45) is 1.02. The van der Waals surface area contributed by atoms with Gasteiger partial charge < -0.3 is 5.11 Å². The zero-order chi connectivity index (χ0) is 16.4. The molecule has 0 unspecified atom stereocenters. The minimum absolute atomic E-state index is 0.107. The van der Waals surface area contributed by atoms with Crippen LogP contribution in [0.2, 0.25) is 10.0 Å². The molecule has 0 aliphatic rings. The van der Waals surface area contributed by atoms with Gasteiger partial charge in [-0.3, -0.25) is 0 Å². The van der Waals surface area contributed by atoms with Gasteiger partial charge in [-0.15, -0.1) is 0 Å². The zero-order valence-corrected chi connectivity index (χ0v) is 14.5. The van der Waals surface area contributed by atoms with Crippen LogP contribution in [-0.4, -0.2) is 51.8 Å². The van der Waals surface area contributed by atoms with Crippen molar-refractivity contribution in [3.05, 3.63) is 27.7 Å². The van der Waals surface area contributed by atoms with Crippen LogP contribution in [0.5, 0.6) is 0 Å². The number of sulfonamides is 1. The van der Waals surface area contributed by atoms with Gasteiger partial charge in [-0.1, -0.05) is 23.2 Å². The molecule has 0 heterocycles. The van der Waals surface area contributed by atoms with Crippen molar-refractivity contribution in [3.63, 3.8) is 0 Å². The van der Waals surface area contributed by atoms with Crippen LogP contribution < -0.4 is 0 Å². The third-order valence-corrected chi connectivity index (χ3v) is 6.50. The topological polar surface area (TPSA) is 91.8 Å². The molecule has 1 rings (SSSR count). The summed E-state index contributed by atoms with van der Waals surface area (Å²) in [5.41, 5.74) is 0.107. The van der Waals surface area contributed by atoms with Crippen molar-refractivity contribution in [3.8, 4) is 0 Å². The Bertz CT molecular complexity index is 731. The smallest absolute Gasteiger partial charge is 0.244 e. The van der Waals surface area contributed by atoms with E-state index in [4.69, 9.17) is 23.2 Å². The highest BCUT2D eigenvalue weighted by Gasteiger charge is 2.26. The molecule has 1 aromatic carbocycles. The number of aliphatic hydroxyl groups excluding tert-OH is 1. The zero-order valence-electron chi connectivity index (χ0n) is 11.4. The molecular weight excluding hydrogens is 361 g/mol. The first-order valence-electron chi connectivity index (χ1n) is 5.72. The van der Waals surface area contributed by atoms with Crippen LogP contribution in [0.15, 0.2) is 17.0 Å². The van der Waals surface area contributed by atoms with E-state index in [9.17, 15) is 21.9 Å². The Morgan fingerprint density at radius 3 is 2.24 bits per heavy atom. The summed E-state index contributed by atoms with van der Waals surface area (Å²) in [4.78, 5) is -0.228. The first-order valence-corrected chi connectivity index (χ1v) is 9.98. The highest BCUT2D eigenvalue weighted by atomic mass is 35.5. The molecule has 120 valence electrons. The van der Waals surface area contributed by atoms with Crippen molar-refractivity contribution >= 4 is 43.1 Å². The number of halogens is 2. The van der Waals surface area contributed by atoms with E-state index in [1.165, 1.54) is 19.2 Å². The highest BCUT2D eigenvalue weighted by Crippen LogP contribution is 2.32. The number of rotatable bonds is 6. The lowest BCUT2D eigenvalue weighted by molar-refractivity contribution is 0.281. The fourth-order valence-corrected chi connectivity index (χ4v) is 4.26. The monoisotopic (exact) mass is 375 g/mol. The van der Waals surface area contributed by atoms with E-state index >= 15 is 0 Å². The molecule has 0 bridgehead atoms. The number of nitrogens with zero attached hydrogens (tertiary/aromatic N) is 1. The standard InChI is InChI=1S/C11H15Cl2NO5S2/c1-14(5-6-20(2,16)17)21(18,19)10-4-3-9(12)8(7-15)11(10)13/h3-4,15H,5-7H2,1-2H3. The molecule has 10 heteroatoms. The largest absolute Gasteiger partial charge is 0.392 e. The van der Waals surface area contributed by atoms with E-state index in [1.54, 1.807) is 0 Å². The summed E-state index contributed by atoms with van der Waals surface area (Å²) in [5, 5.41) is 9.16. The molecule has 0 aliphatic carbocycles. The van der Waals surface area contributed by atoms with Crippen LogP contribution in [0, 0.1) is 0 Å². The fraction of sp³-hybridized carbons (Fsp3) is 0.455. The van der Waals surface area contributed by atoms with Crippen LogP contribution in [0.4, 0.5) is 0 Å². The Kier molecular flexibility index (Phi) is 6.05. The van der Waals surface area contributed by atoms with Crippen LogP contribution in [0.1, 0.15) is 5.56 Å². The lowest BCUT2D eigenvalue weighted by Crippen LogP contribution is -2.31. The normalized spacial score (nSPS) is 12.9. The summed E-state index contributed by atoms with van der Waals surface area (Å²) < 4.78 is 47.9. The first kappa shape index (κ1) is 18.7. The maximum absolute atomic E-state index is 12.4. The molecule has 0 aliphatic heterocycles. The Labute approximate surface area is 134 Å². The number of hydrogen-bond acceptors (Lipinski definition) is 5. The quantitative estimate of drug-likeness (QED) is 0.804. The molecule has 0 saturated heterocycles. The molecule has 1 N–H and O–H groups in total. The van der Waals surface area contributed by atoms with Gasteiger partial charge >= 0.3 is 0 Å². The Balaban J connectivity index is 3.20. The van der Waals surface area contributed by atoms with Gasteiger partial charge in [-0.25, -0.2) is 16.8 Å². The van der Waals surface area contributed by atoms with E-state index in [2.05, 4.69) is 0 Å². The summed E-state index contributed by atoms with van der Waals surface area (Å²) in [6, 6.07) is 2.53. The second-order valence-electron chi connectivity index (χ2n) is 4.45. The summed E-state index contributed by atoms with van der Waals surface area (Å²) in [6.45, 7) is -0.706. The van der Waals surface area contributed by atoms with Crippen LogP contribution in [-0.2, 0) is 26.5 Å². The Hall–Kier alpha value is -0.380. The SMILES string of the molecule is CN(CCS(C)(=O)=O)S(=O)(=O)c1ccc(Cl)c(CO)c1Cl. The minimum Gasteiger partial charge on any atom is -0.392 e. The van der Waals surface area contributed by atoms with Crippen LogP contribution in [0.25, 0.3) is 0 Å². The van der Waals surface area contributed by atoms with Gasteiger partial charge in [0, 0.05) is 30.4 Å². The van der Waals surface area contributed by atoms with E-state index in [1.807, 2.05) is 0 Å². The number of hydrogen-bond donors (Lipinski definition) is 1. The maximum atomic E-state index is 12.4. The van der Waals surface area contributed by atoms with Crippen molar-refractivity contribution in [2.24, 2.45) is 0 Å². The first-order chi connectivity index (χ1) is 9.50. The van der Waals surface area contributed by atoms with Gasteiger partial charge in [0.1, 0.15) is 14.7 Å². The lowest BCUT2D eigenvalue weighted by atomic mass is 10.2. The predicted molar refractivity (Wildman–Crippen MR) is 81.9 cm³/mol. The fourth-order valence-electron chi connectivity index (χ4n) is 1.50. The molecule has 0 amide bonds. The summed E-state index contributed by atoms with van der Waals surface area (Å²) >= 11 is 11.8. The van der Waals surface area contributed by atoms with E-state index in [-0.39, 0.29) is 32.8 Å². The van der Waals surface area contributed by atoms with Crippen molar-refractivity contribution in [2.75, 3.05) is 25.6 Å². The molecule has 0 saturated carbocycles. The number of benzene rings is 1. The van der Waals surface area contributed by atoms with Gasteiger partial charge in [-0.05, 0) is 12.1 Å². The third-order valence-electron chi connectivity index (χ3n) is 2.77. The second kappa shape index (κ2) is 6.80. The average molecular weight is 376 g/mol.